The van der Waals surface area contributed by atoms with Crippen molar-refractivity contribution >= 4 is 5.91 Å². The second kappa shape index (κ2) is 6.13. The lowest BCUT2D eigenvalue weighted by molar-refractivity contribution is 0.0817. The molecule has 1 amide bonds. The second-order valence-corrected chi connectivity index (χ2v) is 4.96. The average molecular weight is 279 g/mol. The minimum Gasteiger partial charge on any atom is -0.486 e. The third-order valence-electron chi connectivity index (χ3n) is 3.84. The van der Waals surface area contributed by atoms with E-state index in [-0.39, 0.29) is 12.5 Å². The van der Waals surface area contributed by atoms with E-state index in [1.807, 2.05) is 13.8 Å². The highest BCUT2D eigenvalue weighted by molar-refractivity contribution is 5.95. The molecule has 1 aromatic carbocycles. The Kier molecular flexibility index (Phi) is 4.49. The number of hydrogen-bond donors (Lipinski definition) is 2. The molecular weight excluding hydrogens is 258 g/mol. The first-order chi connectivity index (χ1) is 9.64. The van der Waals surface area contributed by atoms with Crippen molar-refractivity contribution in [1.82, 2.24) is 5.32 Å². The lowest BCUT2D eigenvalue weighted by Gasteiger charge is -2.31. The van der Waals surface area contributed by atoms with Gasteiger partial charge in [-0.3, -0.25) is 4.79 Å². The largest absolute Gasteiger partial charge is 0.486 e. The quantitative estimate of drug-likeness (QED) is 0.861. The highest BCUT2D eigenvalue weighted by Gasteiger charge is 2.28. The maximum absolute atomic E-state index is 12.3. The fourth-order valence-corrected chi connectivity index (χ4v) is 2.19. The van der Waals surface area contributed by atoms with Crippen molar-refractivity contribution in [2.45, 2.75) is 32.2 Å². The van der Waals surface area contributed by atoms with Crippen LogP contribution >= 0.6 is 0 Å². The van der Waals surface area contributed by atoms with Gasteiger partial charge in [-0.05, 0) is 31.0 Å². The van der Waals surface area contributed by atoms with Gasteiger partial charge in [-0.2, -0.15) is 0 Å². The van der Waals surface area contributed by atoms with E-state index in [0.717, 1.165) is 0 Å². The Balaban J connectivity index is 2.17. The summed E-state index contributed by atoms with van der Waals surface area (Å²) in [6.07, 6.45) is 1.35. The fraction of sp³-hybridized carbons (Fsp3) is 0.533. The van der Waals surface area contributed by atoms with Gasteiger partial charge in [0.15, 0.2) is 11.5 Å². The molecule has 0 radical (unpaired) electrons. The first kappa shape index (κ1) is 14.7. The van der Waals surface area contributed by atoms with Gasteiger partial charge in [0.25, 0.3) is 5.91 Å². The van der Waals surface area contributed by atoms with Gasteiger partial charge in [0.05, 0.1) is 12.1 Å². The molecule has 1 aliphatic rings. The van der Waals surface area contributed by atoms with Crippen LogP contribution in [0.15, 0.2) is 18.2 Å². The van der Waals surface area contributed by atoms with E-state index < -0.39 is 5.54 Å². The van der Waals surface area contributed by atoms with Crippen LogP contribution in [0.1, 0.15) is 37.0 Å². The van der Waals surface area contributed by atoms with Crippen molar-refractivity contribution in [2.75, 3.05) is 19.8 Å². The van der Waals surface area contributed by atoms with E-state index in [1.54, 1.807) is 18.2 Å². The molecule has 0 spiro atoms. The summed E-state index contributed by atoms with van der Waals surface area (Å²) >= 11 is 0. The number of benzene rings is 1. The lowest BCUT2D eigenvalue weighted by Crippen LogP contribution is -2.50. The number of aliphatic hydroxyl groups excluding tert-OH is 1. The molecule has 5 heteroatoms. The Labute approximate surface area is 118 Å². The number of amides is 1. The van der Waals surface area contributed by atoms with Gasteiger partial charge in [0, 0.05) is 5.56 Å². The maximum Gasteiger partial charge on any atom is 0.251 e. The molecule has 1 aromatic rings. The summed E-state index contributed by atoms with van der Waals surface area (Å²) in [6, 6.07) is 5.12. The summed E-state index contributed by atoms with van der Waals surface area (Å²) in [5.41, 5.74) is -0.0568. The standard InChI is InChI=1S/C15H21NO4/c1-3-15(4-2,10-17)16-14(18)11-5-6-12-13(9-11)20-8-7-19-12/h5-6,9,17H,3-4,7-8,10H2,1-2H3,(H,16,18). The van der Waals surface area contributed by atoms with Crippen molar-refractivity contribution in [2.24, 2.45) is 0 Å². The van der Waals surface area contributed by atoms with Crippen LogP contribution in [0, 0.1) is 0 Å². The van der Waals surface area contributed by atoms with Crippen LogP contribution in [0.3, 0.4) is 0 Å². The molecule has 0 bridgehead atoms. The topological polar surface area (TPSA) is 67.8 Å². The molecule has 0 atom stereocenters. The molecule has 0 fully saturated rings. The van der Waals surface area contributed by atoms with Crippen LogP contribution in [0.4, 0.5) is 0 Å². The van der Waals surface area contributed by atoms with E-state index >= 15 is 0 Å². The molecule has 2 N–H and O–H groups in total. The number of carbonyl (C=O) groups excluding carboxylic acids is 1. The zero-order valence-electron chi connectivity index (χ0n) is 11.9. The molecular formula is C15H21NO4. The summed E-state index contributed by atoms with van der Waals surface area (Å²) in [7, 11) is 0. The molecule has 0 unspecified atom stereocenters. The highest BCUT2D eigenvalue weighted by atomic mass is 16.6. The van der Waals surface area contributed by atoms with Gasteiger partial charge >= 0.3 is 0 Å². The third kappa shape index (κ3) is 2.88. The lowest BCUT2D eigenvalue weighted by atomic mass is 9.93. The summed E-state index contributed by atoms with van der Waals surface area (Å²) in [4.78, 5) is 12.3. The van der Waals surface area contributed by atoms with Crippen molar-refractivity contribution in [3.05, 3.63) is 23.8 Å². The third-order valence-corrected chi connectivity index (χ3v) is 3.84. The van der Waals surface area contributed by atoms with Crippen molar-refractivity contribution in [1.29, 1.82) is 0 Å². The Morgan fingerprint density at radius 3 is 2.50 bits per heavy atom. The molecule has 2 rings (SSSR count). The predicted octanol–water partition coefficient (Wildman–Crippen LogP) is 1.74. The molecule has 0 aliphatic carbocycles. The molecule has 0 aromatic heterocycles. The summed E-state index contributed by atoms with van der Waals surface area (Å²) in [6.45, 7) is 4.84. The molecule has 0 saturated carbocycles. The van der Waals surface area contributed by atoms with Crippen LogP contribution in [0.2, 0.25) is 0 Å². The molecule has 110 valence electrons. The summed E-state index contributed by atoms with van der Waals surface area (Å²) in [5, 5.41) is 12.4. The van der Waals surface area contributed by atoms with Gasteiger partial charge in [-0.15, -0.1) is 0 Å². The molecule has 20 heavy (non-hydrogen) atoms. The van der Waals surface area contributed by atoms with Gasteiger partial charge in [-0.25, -0.2) is 0 Å². The van der Waals surface area contributed by atoms with Crippen LogP contribution in [0.25, 0.3) is 0 Å². The van der Waals surface area contributed by atoms with Crippen LogP contribution in [-0.4, -0.2) is 36.4 Å². The fourth-order valence-electron chi connectivity index (χ4n) is 2.19. The monoisotopic (exact) mass is 279 g/mol. The summed E-state index contributed by atoms with van der Waals surface area (Å²) < 4.78 is 10.9. The Bertz CT molecular complexity index is 474. The number of rotatable bonds is 5. The van der Waals surface area contributed by atoms with Crippen molar-refractivity contribution in [3.63, 3.8) is 0 Å². The summed E-state index contributed by atoms with van der Waals surface area (Å²) in [5.74, 6) is 1.04. The first-order valence-electron chi connectivity index (χ1n) is 6.97. The molecule has 1 heterocycles. The second-order valence-electron chi connectivity index (χ2n) is 4.96. The number of fused-ring (bicyclic) bond motifs is 1. The van der Waals surface area contributed by atoms with Gasteiger partial charge < -0.3 is 19.9 Å². The Hall–Kier alpha value is -1.75. The van der Waals surface area contributed by atoms with Crippen LogP contribution in [-0.2, 0) is 0 Å². The average Bonchev–Trinajstić information content (AvgIpc) is 2.52. The zero-order valence-corrected chi connectivity index (χ0v) is 11.9. The highest BCUT2D eigenvalue weighted by Crippen LogP contribution is 2.31. The Morgan fingerprint density at radius 1 is 1.25 bits per heavy atom. The number of nitrogens with one attached hydrogen (secondary N) is 1. The van der Waals surface area contributed by atoms with Gasteiger partial charge in [0.1, 0.15) is 13.2 Å². The van der Waals surface area contributed by atoms with Crippen molar-refractivity contribution < 1.29 is 19.4 Å². The van der Waals surface area contributed by atoms with E-state index in [0.29, 0.717) is 43.1 Å². The zero-order chi connectivity index (χ0) is 14.6. The SMILES string of the molecule is CCC(CC)(CO)NC(=O)c1ccc2c(c1)OCCO2. The number of hydrogen-bond acceptors (Lipinski definition) is 4. The van der Waals surface area contributed by atoms with E-state index in [1.165, 1.54) is 0 Å². The number of carbonyl (C=O) groups is 1. The van der Waals surface area contributed by atoms with E-state index in [9.17, 15) is 9.90 Å². The van der Waals surface area contributed by atoms with E-state index in [2.05, 4.69) is 5.32 Å². The van der Waals surface area contributed by atoms with Gasteiger partial charge in [-0.1, -0.05) is 13.8 Å². The number of aliphatic hydroxyl groups is 1. The van der Waals surface area contributed by atoms with Crippen LogP contribution < -0.4 is 14.8 Å². The van der Waals surface area contributed by atoms with Crippen LogP contribution in [0.5, 0.6) is 11.5 Å². The predicted molar refractivity (Wildman–Crippen MR) is 75.3 cm³/mol. The molecule has 1 aliphatic heterocycles. The first-order valence-corrected chi connectivity index (χ1v) is 6.97. The smallest absolute Gasteiger partial charge is 0.251 e. The van der Waals surface area contributed by atoms with E-state index in [4.69, 9.17) is 9.47 Å². The normalized spacial score (nSPS) is 13.9. The molecule has 5 nitrogen and oxygen atoms in total. The number of ether oxygens (including phenoxy) is 2. The Morgan fingerprint density at radius 2 is 1.90 bits per heavy atom. The molecule has 0 saturated heterocycles. The minimum atomic E-state index is -0.565. The van der Waals surface area contributed by atoms with Crippen molar-refractivity contribution in [3.8, 4) is 11.5 Å². The minimum absolute atomic E-state index is 0.0731. The van der Waals surface area contributed by atoms with Gasteiger partial charge in [0.2, 0.25) is 0 Å². The maximum atomic E-state index is 12.3.